The second-order valence-corrected chi connectivity index (χ2v) is 7.65. The van der Waals surface area contributed by atoms with E-state index >= 15 is 0 Å². The number of allylic oxidation sites excluding steroid dienone is 3. The van der Waals surface area contributed by atoms with Crippen LogP contribution in [-0.4, -0.2) is 33.5 Å². The fourth-order valence-electron chi connectivity index (χ4n) is 3.57. The van der Waals surface area contributed by atoms with Crippen LogP contribution in [0, 0.1) is 11.8 Å². The number of unbranched alkanes of at least 4 members (excludes halogenated alkanes) is 5. The number of hydrogen-bond acceptors (Lipinski definition) is 3. The second-order valence-electron chi connectivity index (χ2n) is 7.65. The molecule has 150 valence electrons. The molecule has 26 heavy (non-hydrogen) atoms. The minimum Gasteiger partial charge on any atom is -0.481 e. The molecule has 0 aromatic heterocycles. The van der Waals surface area contributed by atoms with Gasteiger partial charge in [-0.25, -0.2) is 0 Å². The smallest absolute Gasteiger partial charge is 0.303 e. The predicted octanol–water partition coefficient (Wildman–Crippen LogP) is 4.85. The third kappa shape index (κ3) is 10.1. The Hall–Kier alpha value is -1.13. The van der Waals surface area contributed by atoms with E-state index in [0.717, 1.165) is 25.7 Å². The quantitative estimate of drug-likeness (QED) is 0.286. The number of aliphatic carboxylic acids is 1. The Bertz CT molecular complexity index is 430. The molecule has 1 aliphatic carbocycles. The van der Waals surface area contributed by atoms with Crippen molar-refractivity contribution in [2.75, 3.05) is 0 Å². The van der Waals surface area contributed by atoms with Gasteiger partial charge in [0.25, 0.3) is 0 Å². The van der Waals surface area contributed by atoms with Crippen LogP contribution in [0.1, 0.15) is 84.0 Å². The molecular formula is C22H38O4. The van der Waals surface area contributed by atoms with Gasteiger partial charge in [0.15, 0.2) is 0 Å². The maximum Gasteiger partial charge on any atom is 0.303 e. The monoisotopic (exact) mass is 366 g/mol. The first kappa shape index (κ1) is 22.9. The largest absolute Gasteiger partial charge is 0.481 e. The maximum absolute atomic E-state index is 10.5. The van der Waals surface area contributed by atoms with Gasteiger partial charge in [-0.1, -0.05) is 69.8 Å². The number of hydrogen-bond donors (Lipinski definition) is 3. The van der Waals surface area contributed by atoms with E-state index in [1.165, 1.54) is 32.1 Å². The zero-order valence-corrected chi connectivity index (χ0v) is 16.4. The summed E-state index contributed by atoms with van der Waals surface area (Å²) in [6.45, 7) is 2.22. The molecule has 0 saturated heterocycles. The van der Waals surface area contributed by atoms with Crippen molar-refractivity contribution in [3.8, 4) is 0 Å². The SMILES string of the molecule is CCCCCCCCC(O)C=CC=CC1CCC1C(O)CCCC(=O)O. The van der Waals surface area contributed by atoms with Crippen LogP contribution in [0.3, 0.4) is 0 Å². The van der Waals surface area contributed by atoms with Gasteiger partial charge in [0, 0.05) is 6.42 Å². The van der Waals surface area contributed by atoms with Crippen molar-refractivity contribution < 1.29 is 20.1 Å². The van der Waals surface area contributed by atoms with Crippen LogP contribution in [0.5, 0.6) is 0 Å². The molecule has 4 atom stereocenters. The first-order valence-corrected chi connectivity index (χ1v) is 10.5. The highest BCUT2D eigenvalue weighted by Crippen LogP contribution is 2.39. The molecule has 1 rings (SSSR count). The van der Waals surface area contributed by atoms with E-state index in [4.69, 9.17) is 5.11 Å². The molecule has 0 aromatic carbocycles. The number of carbonyl (C=O) groups is 1. The molecule has 4 unspecified atom stereocenters. The number of carboxylic acid groups (broad SMARTS) is 1. The van der Waals surface area contributed by atoms with Crippen molar-refractivity contribution in [3.63, 3.8) is 0 Å². The first-order valence-electron chi connectivity index (χ1n) is 10.5. The fraction of sp³-hybridized carbons (Fsp3) is 0.773. The number of aliphatic hydroxyl groups is 2. The van der Waals surface area contributed by atoms with Gasteiger partial charge in [0.05, 0.1) is 12.2 Å². The number of aliphatic hydroxyl groups excluding tert-OH is 2. The van der Waals surface area contributed by atoms with E-state index in [9.17, 15) is 15.0 Å². The summed E-state index contributed by atoms with van der Waals surface area (Å²) in [5, 5.41) is 28.8. The molecule has 3 N–H and O–H groups in total. The van der Waals surface area contributed by atoms with Gasteiger partial charge in [0.1, 0.15) is 0 Å². The lowest BCUT2D eigenvalue weighted by molar-refractivity contribution is -0.137. The highest BCUT2D eigenvalue weighted by Gasteiger charge is 2.33. The van der Waals surface area contributed by atoms with Crippen LogP contribution >= 0.6 is 0 Å². The fourth-order valence-corrected chi connectivity index (χ4v) is 3.57. The molecule has 4 heteroatoms. The van der Waals surface area contributed by atoms with Crippen LogP contribution < -0.4 is 0 Å². The van der Waals surface area contributed by atoms with Gasteiger partial charge in [0.2, 0.25) is 0 Å². The van der Waals surface area contributed by atoms with Crippen molar-refractivity contribution in [3.05, 3.63) is 24.3 Å². The lowest BCUT2D eigenvalue weighted by Gasteiger charge is -2.38. The maximum atomic E-state index is 10.5. The molecule has 0 amide bonds. The van der Waals surface area contributed by atoms with Gasteiger partial charge >= 0.3 is 5.97 Å². The zero-order chi connectivity index (χ0) is 19.2. The average molecular weight is 367 g/mol. The van der Waals surface area contributed by atoms with Gasteiger partial charge < -0.3 is 15.3 Å². The predicted molar refractivity (Wildman–Crippen MR) is 106 cm³/mol. The summed E-state index contributed by atoms with van der Waals surface area (Å²) in [6, 6.07) is 0. The van der Waals surface area contributed by atoms with Gasteiger partial charge in [-0.2, -0.15) is 0 Å². The van der Waals surface area contributed by atoms with E-state index in [1.54, 1.807) is 0 Å². The Balaban J connectivity index is 2.15. The van der Waals surface area contributed by atoms with E-state index in [0.29, 0.717) is 18.8 Å². The Labute approximate surface area is 159 Å². The van der Waals surface area contributed by atoms with Crippen LogP contribution in [-0.2, 0) is 4.79 Å². The summed E-state index contributed by atoms with van der Waals surface area (Å²) in [7, 11) is 0. The summed E-state index contributed by atoms with van der Waals surface area (Å²) in [6.07, 6.45) is 18.6. The number of rotatable bonds is 15. The average Bonchev–Trinajstić information content (AvgIpc) is 2.56. The minimum atomic E-state index is -0.799. The second kappa shape index (κ2) is 14.0. The molecule has 0 aliphatic heterocycles. The Kier molecular flexibility index (Phi) is 12.3. The third-order valence-electron chi connectivity index (χ3n) is 5.42. The summed E-state index contributed by atoms with van der Waals surface area (Å²) in [5.41, 5.74) is 0. The van der Waals surface area contributed by atoms with Crippen molar-refractivity contribution in [2.45, 2.75) is 96.2 Å². The lowest BCUT2D eigenvalue weighted by Crippen LogP contribution is -2.35. The molecular weight excluding hydrogens is 328 g/mol. The normalized spacial score (nSPS) is 22.6. The molecule has 0 spiro atoms. The summed E-state index contributed by atoms with van der Waals surface area (Å²) in [5.74, 6) is -0.177. The molecule has 0 aromatic rings. The zero-order valence-electron chi connectivity index (χ0n) is 16.4. The Morgan fingerprint density at radius 1 is 1.00 bits per heavy atom. The molecule has 0 radical (unpaired) electrons. The van der Waals surface area contributed by atoms with Crippen LogP contribution in [0.2, 0.25) is 0 Å². The Morgan fingerprint density at radius 2 is 1.73 bits per heavy atom. The van der Waals surface area contributed by atoms with Crippen molar-refractivity contribution >= 4 is 5.97 Å². The third-order valence-corrected chi connectivity index (χ3v) is 5.42. The highest BCUT2D eigenvalue weighted by atomic mass is 16.4. The summed E-state index contributed by atoms with van der Waals surface area (Å²) >= 11 is 0. The topological polar surface area (TPSA) is 77.8 Å². The van der Waals surface area contributed by atoms with Crippen LogP contribution in [0.25, 0.3) is 0 Å². The minimum absolute atomic E-state index is 0.128. The van der Waals surface area contributed by atoms with E-state index in [2.05, 4.69) is 13.0 Å². The van der Waals surface area contributed by atoms with E-state index in [-0.39, 0.29) is 18.4 Å². The van der Waals surface area contributed by atoms with E-state index < -0.39 is 12.1 Å². The van der Waals surface area contributed by atoms with Crippen LogP contribution in [0.4, 0.5) is 0 Å². The Morgan fingerprint density at radius 3 is 2.38 bits per heavy atom. The highest BCUT2D eigenvalue weighted by molar-refractivity contribution is 5.66. The summed E-state index contributed by atoms with van der Waals surface area (Å²) in [4.78, 5) is 10.5. The molecule has 0 bridgehead atoms. The van der Waals surface area contributed by atoms with Crippen molar-refractivity contribution in [1.29, 1.82) is 0 Å². The molecule has 4 nitrogen and oxygen atoms in total. The lowest BCUT2D eigenvalue weighted by atomic mass is 9.69. The number of carboxylic acids is 1. The summed E-state index contributed by atoms with van der Waals surface area (Å²) < 4.78 is 0. The van der Waals surface area contributed by atoms with Gasteiger partial charge in [-0.3, -0.25) is 4.79 Å². The molecule has 1 fully saturated rings. The van der Waals surface area contributed by atoms with Gasteiger partial charge in [-0.15, -0.1) is 0 Å². The standard InChI is InChI=1S/C22H38O4/c1-2-3-4-5-6-7-12-19(23)13-9-8-11-18-16-17-20(18)21(24)14-10-15-22(25)26/h8-9,11,13,18-21,23-24H,2-7,10,12,14-17H2,1H3,(H,25,26). The van der Waals surface area contributed by atoms with E-state index in [1.807, 2.05) is 18.2 Å². The van der Waals surface area contributed by atoms with Crippen LogP contribution in [0.15, 0.2) is 24.3 Å². The van der Waals surface area contributed by atoms with Crippen molar-refractivity contribution in [2.24, 2.45) is 11.8 Å². The van der Waals surface area contributed by atoms with Gasteiger partial charge in [-0.05, 0) is 43.9 Å². The molecule has 1 aliphatic rings. The molecule has 0 heterocycles. The molecule has 1 saturated carbocycles. The van der Waals surface area contributed by atoms with Crippen molar-refractivity contribution in [1.82, 2.24) is 0 Å². The first-order chi connectivity index (χ1) is 12.5.